The monoisotopic (exact) mass is 798 g/mol. The summed E-state index contributed by atoms with van der Waals surface area (Å²) in [7, 11) is -7.10. The molecule has 0 aliphatic carbocycles. The van der Waals surface area contributed by atoms with Crippen LogP contribution in [0.15, 0.2) is 88.7 Å². The standard InChI is InChI=1S/C25H24ClNO4S.C15H20ClNO3S/c26-23-11-10-21(32(30,31)27-14-4-1-5-15-27)17-22(23)25(29)13-12-24(28)20-9-8-18-6-2-3-7-19(18)16-20;16-15-8-7-14(12-13(15)6-2-5-11-18)21(19,20)17-9-3-1-4-10-17/h2-3,6-11,16-17H,1,4-5,12-15H2;7-8,11-12H,1-6,9-10H2. The van der Waals surface area contributed by atoms with Gasteiger partial charge in [0.15, 0.2) is 11.6 Å². The Morgan fingerprint density at radius 1 is 0.623 bits per heavy atom. The lowest BCUT2D eigenvalue weighted by molar-refractivity contribution is -0.107. The largest absolute Gasteiger partial charge is 0.303 e. The van der Waals surface area contributed by atoms with Gasteiger partial charge in [0.05, 0.1) is 14.8 Å². The van der Waals surface area contributed by atoms with Gasteiger partial charge in [0.25, 0.3) is 0 Å². The lowest BCUT2D eigenvalue weighted by atomic mass is 9.99. The van der Waals surface area contributed by atoms with E-state index in [1.807, 2.05) is 36.4 Å². The van der Waals surface area contributed by atoms with E-state index in [9.17, 15) is 31.2 Å². The van der Waals surface area contributed by atoms with Gasteiger partial charge in [-0.1, -0.05) is 72.4 Å². The molecule has 0 amide bonds. The number of fused-ring (bicyclic) bond motifs is 1. The first-order valence-corrected chi connectivity index (χ1v) is 21.6. The van der Waals surface area contributed by atoms with E-state index in [1.54, 1.807) is 28.6 Å². The summed E-state index contributed by atoms with van der Waals surface area (Å²) in [6.07, 6.45) is 8.18. The molecule has 0 aromatic heterocycles. The van der Waals surface area contributed by atoms with Gasteiger partial charge in [-0.25, -0.2) is 16.8 Å². The molecular formula is C40H44Cl2N2O7S2. The molecule has 0 spiro atoms. The van der Waals surface area contributed by atoms with Gasteiger partial charge >= 0.3 is 0 Å². The van der Waals surface area contributed by atoms with Crippen molar-refractivity contribution in [3.05, 3.63) is 106 Å². The fourth-order valence-electron chi connectivity index (χ4n) is 6.53. The Morgan fingerprint density at radius 3 is 1.77 bits per heavy atom. The zero-order chi connectivity index (χ0) is 38.0. The van der Waals surface area contributed by atoms with E-state index in [4.69, 9.17) is 23.2 Å². The number of ketones is 2. The minimum absolute atomic E-state index is 0.0244. The van der Waals surface area contributed by atoms with Crippen LogP contribution in [0.2, 0.25) is 10.0 Å². The third-order valence-corrected chi connectivity index (χ3v) is 14.1. The fourth-order valence-corrected chi connectivity index (χ4v) is 10.1. The second-order valence-corrected chi connectivity index (χ2v) is 18.0. The van der Waals surface area contributed by atoms with Gasteiger partial charge in [-0.05, 0) is 97.3 Å². The molecule has 0 saturated carbocycles. The number of hydrogen-bond donors (Lipinski definition) is 0. The van der Waals surface area contributed by atoms with E-state index in [0.717, 1.165) is 61.1 Å². The number of Topliss-reactive ketones (excluding diaryl/α,β-unsaturated/α-hetero) is 2. The van der Waals surface area contributed by atoms with E-state index in [1.165, 1.54) is 22.5 Å². The molecule has 4 aromatic rings. The second kappa shape index (κ2) is 18.7. The number of aryl methyl sites for hydroxylation is 1. The van der Waals surface area contributed by atoms with Crippen molar-refractivity contribution < 1.29 is 31.2 Å². The number of benzene rings is 4. The highest BCUT2D eigenvalue weighted by atomic mass is 35.5. The third-order valence-electron chi connectivity index (χ3n) is 9.58. The van der Waals surface area contributed by atoms with Gasteiger partial charge in [0.2, 0.25) is 20.0 Å². The van der Waals surface area contributed by atoms with Crippen LogP contribution in [0, 0.1) is 0 Å². The number of unbranched alkanes of at least 4 members (excludes halogenated alkanes) is 1. The molecule has 53 heavy (non-hydrogen) atoms. The molecular weight excluding hydrogens is 755 g/mol. The Hall–Kier alpha value is -3.45. The van der Waals surface area contributed by atoms with E-state index >= 15 is 0 Å². The van der Waals surface area contributed by atoms with Crippen molar-refractivity contribution in [3.63, 3.8) is 0 Å². The normalized spacial score (nSPS) is 15.7. The summed E-state index contributed by atoms with van der Waals surface area (Å²) in [5.74, 6) is -0.489. The molecule has 2 fully saturated rings. The molecule has 6 rings (SSSR count). The van der Waals surface area contributed by atoms with Gasteiger partial charge in [-0.2, -0.15) is 8.61 Å². The summed E-state index contributed by atoms with van der Waals surface area (Å²) in [5.41, 5.74) is 1.47. The predicted octanol–water partition coefficient (Wildman–Crippen LogP) is 8.55. The van der Waals surface area contributed by atoms with Gasteiger partial charge in [0.1, 0.15) is 6.29 Å². The van der Waals surface area contributed by atoms with E-state index in [-0.39, 0.29) is 39.9 Å². The van der Waals surface area contributed by atoms with E-state index in [0.29, 0.717) is 60.9 Å². The van der Waals surface area contributed by atoms with Crippen molar-refractivity contribution in [1.82, 2.24) is 8.61 Å². The number of sulfonamides is 2. The van der Waals surface area contributed by atoms with Crippen LogP contribution < -0.4 is 0 Å². The number of carbonyl (C=O) groups excluding carboxylic acids is 3. The quantitative estimate of drug-likeness (QED) is 0.0754. The number of hydrogen-bond acceptors (Lipinski definition) is 7. The topological polar surface area (TPSA) is 126 Å². The maximum atomic E-state index is 12.9. The van der Waals surface area contributed by atoms with Crippen LogP contribution in [0.25, 0.3) is 10.8 Å². The molecule has 0 unspecified atom stereocenters. The summed E-state index contributed by atoms with van der Waals surface area (Å²) in [6.45, 7) is 2.14. The Bertz CT molecular complexity index is 2160. The fraction of sp³-hybridized carbons (Fsp3) is 0.375. The number of nitrogens with zero attached hydrogens (tertiary/aromatic N) is 2. The zero-order valence-electron chi connectivity index (χ0n) is 29.5. The van der Waals surface area contributed by atoms with E-state index < -0.39 is 20.0 Å². The molecule has 0 radical (unpaired) electrons. The second-order valence-electron chi connectivity index (χ2n) is 13.3. The van der Waals surface area contributed by atoms with Crippen molar-refractivity contribution in [2.45, 2.75) is 80.4 Å². The molecule has 2 aliphatic heterocycles. The molecule has 282 valence electrons. The Morgan fingerprint density at radius 2 is 1.17 bits per heavy atom. The highest BCUT2D eigenvalue weighted by Crippen LogP contribution is 2.28. The van der Waals surface area contributed by atoms with Crippen LogP contribution in [0.3, 0.4) is 0 Å². The lowest BCUT2D eigenvalue weighted by Gasteiger charge is -2.26. The van der Waals surface area contributed by atoms with Gasteiger partial charge in [0, 0.05) is 61.6 Å². The minimum atomic E-state index is -3.67. The summed E-state index contributed by atoms with van der Waals surface area (Å²) in [4.78, 5) is 36.2. The Kier molecular flexibility index (Phi) is 14.4. The maximum absolute atomic E-state index is 12.9. The summed E-state index contributed by atoms with van der Waals surface area (Å²) >= 11 is 12.3. The molecule has 0 bridgehead atoms. The van der Waals surface area contributed by atoms with E-state index in [2.05, 4.69) is 0 Å². The van der Waals surface area contributed by atoms with Crippen molar-refractivity contribution in [2.75, 3.05) is 26.2 Å². The van der Waals surface area contributed by atoms with Crippen molar-refractivity contribution in [3.8, 4) is 0 Å². The first-order chi connectivity index (χ1) is 25.4. The minimum Gasteiger partial charge on any atom is -0.303 e. The predicted molar refractivity (Wildman–Crippen MR) is 209 cm³/mol. The highest BCUT2D eigenvalue weighted by molar-refractivity contribution is 7.89. The molecule has 0 atom stereocenters. The van der Waals surface area contributed by atoms with Crippen LogP contribution in [0.1, 0.15) is 90.5 Å². The van der Waals surface area contributed by atoms with Crippen LogP contribution in [0.4, 0.5) is 0 Å². The van der Waals surface area contributed by atoms with Gasteiger partial charge < -0.3 is 4.79 Å². The van der Waals surface area contributed by atoms with Crippen LogP contribution in [-0.4, -0.2) is 69.5 Å². The SMILES string of the molecule is O=C(CCC(=O)c1cc(S(=O)(=O)N2CCCCC2)ccc1Cl)c1ccc2ccccc2c1.O=CCCCc1cc(S(=O)(=O)N2CCCCC2)ccc1Cl. The Balaban J connectivity index is 0.000000224. The number of piperidine rings is 2. The summed E-state index contributed by atoms with van der Waals surface area (Å²) < 4.78 is 54.1. The highest BCUT2D eigenvalue weighted by Gasteiger charge is 2.28. The molecule has 0 N–H and O–H groups in total. The molecule has 2 heterocycles. The first-order valence-electron chi connectivity index (χ1n) is 18.0. The molecule has 4 aromatic carbocycles. The summed E-state index contributed by atoms with van der Waals surface area (Å²) in [6, 6.07) is 22.3. The van der Waals surface area contributed by atoms with Crippen molar-refractivity contribution in [1.29, 1.82) is 0 Å². The van der Waals surface area contributed by atoms with Gasteiger partial charge in [-0.3, -0.25) is 9.59 Å². The average molecular weight is 800 g/mol. The number of carbonyl (C=O) groups is 3. The summed E-state index contributed by atoms with van der Waals surface area (Å²) in [5, 5.41) is 2.74. The first kappa shape index (κ1) is 40.7. The maximum Gasteiger partial charge on any atom is 0.243 e. The zero-order valence-corrected chi connectivity index (χ0v) is 32.7. The van der Waals surface area contributed by atoms with Crippen molar-refractivity contribution in [2.24, 2.45) is 0 Å². The number of aldehydes is 1. The molecule has 2 saturated heterocycles. The Labute approximate surface area is 322 Å². The lowest BCUT2D eigenvalue weighted by Crippen LogP contribution is -2.35. The smallest absolute Gasteiger partial charge is 0.243 e. The molecule has 9 nitrogen and oxygen atoms in total. The number of rotatable bonds is 13. The van der Waals surface area contributed by atoms with Gasteiger partial charge in [-0.15, -0.1) is 0 Å². The van der Waals surface area contributed by atoms with Crippen LogP contribution >= 0.6 is 23.2 Å². The molecule has 13 heteroatoms. The van der Waals surface area contributed by atoms with Crippen LogP contribution in [0.5, 0.6) is 0 Å². The number of halogens is 2. The molecule has 2 aliphatic rings. The average Bonchev–Trinajstić information content (AvgIpc) is 3.18. The third kappa shape index (κ3) is 10.4. The van der Waals surface area contributed by atoms with Crippen molar-refractivity contribution >= 4 is 71.9 Å². The van der Waals surface area contributed by atoms with Crippen LogP contribution in [-0.2, 0) is 31.3 Å².